The smallest absolute Gasteiger partial charge is 0.309 e. The maximum Gasteiger partial charge on any atom is 0.309 e. The van der Waals surface area contributed by atoms with Gasteiger partial charge in [-0.05, 0) is 24.1 Å². The molecule has 1 saturated heterocycles. The summed E-state index contributed by atoms with van der Waals surface area (Å²) < 4.78 is 22.4. The number of epoxide rings is 1. The lowest BCUT2D eigenvalue weighted by atomic mass is 10.1. The van der Waals surface area contributed by atoms with E-state index in [1.807, 2.05) is 36.4 Å². The maximum absolute atomic E-state index is 12.2. The second-order valence-corrected chi connectivity index (χ2v) is 6.56. The van der Waals surface area contributed by atoms with Crippen LogP contribution in [0.3, 0.4) is 0 Å². The fourth-order valence-electron chi connectivity index (χ4n) is 3.06. The maximum atomic E-state index is 12.2. The van der Waals surface area contributed by atoms with Gasteiger partial charge in [-0.25, -0.2) is 0 Å². The highest BCUT2D eigenvalue weighted by molar-refractivity contribution is 5.70. The Labute approximate surface area is 148 Å². The van der Waals surface area contributed by atoms with E-state index in [0.29, 0.717) is 6.61 Å². The molecule has 2 aliphatic rings. The molecule has 2 aliphatic heterocycles. The standard InChI is InChI=1S/C20H26O5/c1-3-4-17-11-19-18(25-19)10-9-16(12-20(21)24-17)23-13-14-5-7-15(22-2)8-6-14/h5-10,16-19H,3-4,11-13H2,1-2H3/b10-9-/t16-,17+,18+,19-/m1/s1. The number of rotatable bonds is 6. The first-order chi connectivity index (χ1) is 12.2. The monoisotopic (exact) mass is 346 g/mol. The Morgan fingerprint density at radius 3 is 2.72 bits per heavy atom. The van der Waals surface area contributed by atoms with Crippen molar-refractivity contribution in [1.82, 2.24) is 0 Å². The van der Waals surface area contributed by atoms with Crippen molar-refractivity contribution < 1.29 is 23.7 Å². The van der Waals surface area contributed by atoms with E-state index in [1.165, 1.54) is 0 Å². The molecule has 1 aromatic carbocycles. The largest absolute Gasteiger partial charge is 0.497 e. The lowest BCUT2D eigenvalue weighted by molar-refractivity contribution is -0.152. The van der Waals surface area contributed by atoms with Crippen LogP contribution in [0.5, 0.6) is 5.75 Å². The summed E-state index contributed by atoms with van der Waals surface area (Å²) in [5.41, 5.74) is 1.03. The van der Waals surface area contributed by atoms with E-state index < -0.39 is 0 Å². The van der Waals surface area contributed by atoms with Crippen LogP contribution in [0, 0.1) is 0 Å². The van der Waals surface area contributed by atoms with Gasteiger partial charge in [0.2, 0.25) is 0 Å². The molecule has 5 nitrogen and oxygen atoms in total. The minimum atomic E-state index is -0.306. The number of hydrogen-bond donors (Lipinski definition) is 0. The van der Waals surface area contributed by atoms with Crippen LogP contribution in [-0.2, 0) is 25.6 Å². The van der Waals surface area contributed by atoms with Crippen LogP contribution >= 0.6 is 0 Å². The molecule has 1 fully saturated rings. The van der Waals surface area contributed by atoms with Crippen molar-refractivity contribution >= 4 is 5.97 Å². The average Bonchev–Trinajstić information content (AvgIpc) is 3.35. The van der Waals surface area contributed by atoms with Crippen LogP contribution in [0.1, 0.15) is 38.2 Å². The van der Waals surface area contributed by atoms with E-state index in [-0.39, 0.29) is 36.8 Å². The molecule has 0 saturated carbocycles. The molecule has 0 bridgehead atoms. The highest BCUT2D eigenvalue weighted by Gasteiger charge is 2.39. The zero-order valence-corrected chi connectivity index (χ0v) is 14.9. The van der Waals surface area contributed by atoms with Crippen LogP contribution in [-0.4, -0.2) is 37.5 Å². The summed E-state index contributed by atoms with van der Waals surface area (Å²) >= 11 is 0. The summed E-state index contributed by atoms with van der Waals surface area (Å²) in [7, 11) is 1.64. The quantitative estimate of drug-likeness (QED) is 0.449. The Balaban J connectivity index is 1.59. The molecule has 2 heterocycles. The van der Waals surface area contributed by atoms with Gasteiger partial charge in [-0.15, -0.1) is 0 Å². The van der Waals surface area contributed by atoms with Gasteiger partial charge < -0.3 is 18.9 Å². The Morgan fingerprint density at radius 2 is 2.00 bits per heavy atom. The minimum absolute atomic E-state index is 0.0544. The molecule has 0 spiro atoms. The molecular formula is C20H26O5. The summed E-state index contributed by atoms with van der Waals surface area (Å²) in [5.74, 6) is 0.603. The van der Waals surface area contributed by atoms with Crippen molar-refractivity contribution in [2.24, 2.45) is 0 Å². The molecule has 0 aromatic heterocycles. The van der Waals surface area contributed by atoms with Gasteiger partial charge in [0.15, 0.2) is 0 Å². The molecule has 3 rings (SSSR count). The van der Waals surface area contributed by atoms with E-state index in [2.05, 4.69) is 6.92 Å². The van der Waals surface area contributed by atoms with Crippen LogP contribution in [0.15, 0.2) is 36.4 Å². The highest BCUT2D eigenvalue weighted by atomic mass is 16.6. The number of esters is 1. The second-order valence-electron chi connectivity index (χ2n) is 6.56. The second kappa shape index (κ2) is 8.50. The Morgan fingerprint density at radius 1 is 1.20 bits per heavy atom. The first-order valence-corrected chi connectivity index (χ1v) is 8.95. The Hall–Kier alpha value is -1.85. The molecule has 0 N–H and O–H groups in total. The van der Waals surface area contributed by atoms with Crippen LogP contribution in [0.25, 0.3) is 0 Å². The molecular weight excluding hydrogens is 320 g/mol. The lowest BCUT2D eigenvalue weighted by Crippen LogP contribution is -2.25. The van der Waals surface area contributed by atoms with Gasteiger partial charge in [0.25, 0.3) is 0 Å². The number of cyclic esters (lactones) is 1. The normalized spacial score (nSPS) is 30.1. The molecule has 5 heteroatoms. The SMILES string of the molecule is CCC[C@H]1C[C@H]2O[C@H]2/C=C\[C@@H](OCc2ccc(OC)cc2)CC(=O)O1. The van der Waals surface area contributed by atoms with E-state index in [9.17, 15) is 4.79 Å². The average molecular weight is 346 g/mol. The van der Waals surface area contributed by atoms with Gasteiger partial charge in [0, 0.05) is 6.42 Å². The third-order valence-corrected chi connectivity index (χ3v) is 4.53. The molecule has 0 unspecified atom stereocenters. The Kier molecular flexibility index (Phi) is 6.10. The zero-order valence-electron chi connectivity index (χ0n) is 14.9. The number of ether oxygens (including phenoxy) is 4. The number of fused-ring (bicyclic) bond motifs is 1. The minimum Gasteiger partial charge on any atom is -0.497 e. The van der Waals surface area contributed by atoms with Gasteiger partial charge in [-0.1, -0.05) is 37.6 Å². The number of benzene rings is 1. The predicted octanol–water partition coefficient (Wildman–Crippen LogP) is 3.41. The summed E-state index contributed by atoms with van der Waals surface area (Å²) in [6, 6.07) is 7.71. The van der Waals surface area contributed by atoms with E-state index >= 15 is 0 Å². The van der Waals surface area contributed by atoms with Gasteiger partial charge in [-0.3, -0.25) is 4.79 Å². The summed E-state index contributed by atoms with van der Waals surface area (Å²) in [5, 5.41) is 0. The third-order valence-electron chi connectivity index (χ3n) is 4.53. The van der Waals surface area contributed by atoms with Crippen molar-refractivity contribution in [3.05, 3.63) is 42.0 Å². The molecule has 25 heavy (non-hydrogen) atoms. The molecule has 0 radical (unpaired) electrons. The number of carbonyl (C=O) groups excluding carboxylic acids is 1. The van der Waals surface area contributed by atoms with E-state index in [1.54, 1.807) is 7.11 Å². The fraction of sp³-hybridized carbons (Fsp3) is 0.550. The van der Waals surface area contributed by atoms with E-state index in [0.717, 1.165) is 30.6 Å². The van der Waals surface area contributed by atoms with Crippen LogP contribution in [0.2, 0.25) is 0 Å². The van der Waals surface area contributed by atoms with Crippen molar-refractivity contribution in [3.8, 4) is 5.75 Å². The third kappa shape index (κ3) is 5.31. The van der Waals surface area contributed by atoms with Crippen LogP contribution < -0.4 is 4.74 Å². The summed E-state index contributed by atoms with van der Waals surface area (Å²) in [6.07, 6.45) is 6.75. The number of carbonyl (C=O) groups is 1. The van der Waals surface area contributed by atoms with E-state index in [4.69, 9.17) is 18.9 Å². The lowest BCUT2D eigenvalue weighted by Gasteiger charge is -2.20. The predicted molar refractivity (Wildman–Crippen MR) is 93.4 cm³/mol. The van der Waals surface area contributed by atoms with Crippen LogP contribution in [0.4, 0.5) is 0 Å². The molecule has 4 atom stereocenters. The first-order valence-electron chi connectivity index (χ1n) is 8.95. The fourth-order valence-corrected chi connectivity index (χ4v) is 3.06. The van der Waals surface area contributed by atoms with Crippen molar-refractivity contribution in [3.63, 3.8) is 0 Å². The Bertz CT molecular complexity index is 595. The van der Waals surface area contributed by atoms with Crippen molar-refractivity contribution in [1.29, 1.82) is 0 Å². The number of methoxy groups -OCH3 is 1. The van der Waals surface area contributed by atoms with Crippen molar-refractivity contribution in [2.45, 2.75) is 63.6 Å². The van der Waals surface area contributed by atoms with Gasteiger partial charge >= 0.3 is 5.97 Å². The molecule has 0 amide bonds. The van der Waals surface area contributed by atoms with Gasteiger partial charge in [0.1, 0.15) is 18.0 Å². The summed E-state index contributed by atoms with van der Waals surface area (Å²) in [6.45, 7) is 2.53. The molecule has 0 aliphatic carbocycles. The number of hydrogen-bond acceptors (Lipinski definition) is 5. The van der Waals surface area contributed by atoms with Crippen molar-refractivity contribution in [2.75, 3.05) is 7.11 Å². The first kappa shape index (κ1) is 18.0. The highest BCUT2D eigenvalue weighted by Crippen LogP contribution is 2.31. The molecule has 1 aromatic rings. The zero-order chi connectivity index (χ0) is 17.6. The molecule has 136 valence electrons. The topological polar surface area (TPSA) is 57.3 Å². The summed E-state index contributed by atoms with van der Waals surface area (Å²) in [4.78, 5) is 12.2. The van der Waals surface area contributed by atoms with Gasteiger partial charge in [-0.2, -0.15) is 0 Å². The van der Waals surface area contributed by atoms with Gasteiger partial charge in [0.05, 0.1) is 32.3 Å².